The molecule has 6 nitrogen and oxygen atoms in total. The molecule has 1 aromatic carbocycles. The minimum atomic E-state index is -0.213. The van der Waals surface area contributed by atoms with Crippen molar-refractivity contribution >= 4 is 56.3 Å². The van der Waals surface area contributed by atoms with Crippen molar-refractivity contribution in [2.45, 2.75) is 4.34 Å². The number of nitrogens with one attached hydrogen (secondary N) is 1. The first-order valence-corrected chi connectivity index (χ1v) is 8.02. The smallest absolute Gasteiger partial charge is 0.250 e. The fourth-order valence-electron chi connectivity index (χ4n) is 1.20. The van der Waals surface area contributed by atoms with Crippen LogP contribution in [-0.2, 0) is 4.79 Å². The van der Waals surface area contributed by atoms with Crippen molar-refractivity contribution in [1.82, 2.24) is 15.6 Å². The highest BCUT2D eigenvalue weighted by Crippen LogP contribution is 2.22. The maximum atomic E-state index is 11.6. The van der Waals surface area contributed by atoms with Crippen LogP contribution in [0.3, 0.4) is 0 Å². The summed E-state index contributed by atoms with van der Waals surface area (Å²) in [6.07, 6.45) is 1.58. The Morgan fingerprint density at radius 1 is 1.55 bits per heavy atom. The summed E-state index contributed by atoms with van der Waals surface area (Å²) in [7, 11) is 0. The Labute approximate surface area is 132 Å². The predicted molar refractivity (Wildman–Crippen MR) is 84.9 cm³/mol. The summed E-state index contributed by atoms with van der Waals surface area (Å²) >= 11 is 5.88. The average Bonchev–Trinajstić information content (AvgIpc) is 2.82. The molecule has 0 saturated heterocycles. The molecule has 0 aliphatic carbocycles. The molecule has 104 valence electrons. The van der Waals surface area contributed by atoms with E-state index in [2.05, 4.69) is 36.7 Å². The van der Waals surface area contributed by atoms with E-state index in [-0.39, 0.29) is 11.7 Å². The average molecular weight is 372 g/mol. The van der Waals surface area contributed by atoms with Gasteiger partial charge in [-0.15, -0.1) is 10.2 Å². The highest BCUT2D eigenvalue weighted by Gasteiger charge is 2.05. The number of hydrazone groups is 1. The van der Waals surface area contributed by atoms with Crippen molar-refractivity contribution in [3.05, 3.63) is 34.3 Å². The number of carbonyl (C=O) groups is 1. The fourth-order valence-corrected chi connectivity index (χ4v) is 3.05. The number of hydrogen-bond donors (Lipinski definition) is 2. The molecule has 2 aromatic rings. The zero-order valence-corrected chi connectivity index (χ0v) is 13.3. The number of hydrogen-bond acceptors (Lipinski definition) is 7. The molecule has 1 heterocycles. The zero-order chi connectivity index (χ0) is 14.4. The second kappa shape index (κ2) is 7.36. The van der Waals surface area contributed by atoms with Gasteiger partial charge in [0.15, 0.2) is 4.34 Å². The molecule has 3 N–H and O–H groups in total. The van der Waals surface area contributed by atoms with Gasteiger partial charge in [0.1, 0.15) is 0 Å². The number of benzene rings is 1. The molecule has 1 aromatic heterocycles. The Kier molecular flexibility index (Phi) is 5.50. The summed E-state index contributed by atoms with van der Waals surface area (Å²) in [6, 6.07) is 7.59. The van der Waals surface area contributed by atoms with E-state index in [1.165, 1.54) is 23.1 Å². The van der Waals surface area contributed by atoms with E-state index < -0.39 is 0 Å². The summed E-state index contributed by atoms with van der Waals surface area (Å²) in [5.74, 6) is -0.000191. The standard InChI is InChI=1S/C11H10BrN5OS2/c12-8-3-1-2-7(4-8)5-14-15-9(18)6-19-11-17-16-10(13)20-11/h1-5H,6H2,(H2,13,16)(H,15,18). The molecule has 0 aliphatic heterocycles. The fraction of sp³-hybridized carbons (Fsp3) is 0.0909. The molecule has 20 heavy (non-hydrogen) atoms. The van der Waals surface area contributed by atoms with Gasteiger partial charge in [-0.3, -0.25) is 4.79 Å². The summed E-state index contributed by atoms with van der Waals surface area (Å²) in [6.45, 7) is 0. The molecular weight excluding hydrogens is 362 g/mol. The maximum Gasteiger partial charge on any atom is 0.250 e. The van der Waals surface area contributed by atoms with Gasteiger partial charge < -0.3 is 5.73 Å². The van der Waals surface area contributed by atoms with Crippen LogP contribution < -0.4 is 11.2 Å². The Bertz CT molecular complexity index is 631. The van der Waals surface area contributed by atoms with Crippen molar-refractivity contribution in [3.63, 3.8) is 0 Å². The Hall–Kier alpha value is -1.45. The highest BCUT2D eigenvalue weighted by atomic mass is 79.9. The van der Waals surface area contributed by atoms with Crippen LogP contribution in [0.4, 0.5) is 5.13 Å². The molecule has 9 heteroatoms. The lowest BCUT2D eigenvalue weighted by Gasteiger charge is -1.97. The van der Waals surface area contributed by atoms with Crippen LogP contribution >= 0.6 is 39.0 Å². The number of halogens is 1. The number of nitrogens with two attached hydrogens (primary N) is 1. The molecule has 0 radical (unpaired) electrons. The number of thioether (sulfide) groups is 1. The number of carbonyl (C=O) groups excluding carboxylic acids is 1. The lowest BCUT2D eigenvalue weighted by molar-refractivity contribution is -0.118. The van der Waals surface area contributed by atoms with E-state index in [1.54, 1.807) is 6.21 Å². The van der Waals surface area contributed by atoms with Gasteiger partial charge in [-0.25, -0.2) is 5.43 Å². The number of aromatic nitrogens is 2. The van der Waals surface area contributed by atoms with E-state index in [9.17, 15) is 4.79 Å². The molecule has 0 aliphatic rings. The van der Waals surface area contributed by atoms with Crippen LogP contribution in [0.25, 0.3) is 0 Å². The molecule has 0 unspecified atom stereocenters. The number of nitrogens with zero attached hydrogens (tertiary/aromatic N) is 3. The lowest BCUT2D eigenvalue weighted by Crippen LogP contribution is -2.19. The van der Waals surface area contributed by atoms with Crippen molar-refractivity contribution in [1.29, 1.82) is 0 Å². The Morgan fingerprint density at radius 2 is 2.40 bits per heavy atom. The zero-order valence-electron chi connectivity index (χ0n) is 10.1. The molecular formula is C11H10BrN5OS2. The third-order valence-corrected chi connectivity index (χ3v) is 4.38. The van der Waals surface area contributed by atoms with Crippen LogP contribution in [0.1, 0.15) is 5.56 Å². The summed E-state index contributed by atoms with van der Waals surface area (Å²) in [4.78, 5) is 11.6. The summed E-state index contributed by atoms with van der Waals surface area (Å²) < 4.78 is 1.62. The topological polar surface area (TPSA) is 93.3 Å². The van der Waals surface area contributed by atoms with Crippen LogP contribution in [0.2, 0.25) is 0 Å². The largest absolute Gasteiger partial charge is 0.374 e. The van der Waals surface area contributed by atoms with E-state index >= 15 is 0 Å². The number of anilines is 1. The van der Waals surface area contributed by atoms with Crippen molar-refractivity contribution in [2.24, 2.45) is 5.10 Å². The van der Waals surface area contributed by atoms with Crippen molar-refractivity contribution in [2.75, 3.05) is 11.5 Å². The Balaban J connectivity index is 1.77. The van der Waals surface area contributed by atoms with Gasteiger partial charge in [0.05, 0.1) is 12.0 Å². The molecule has 0 atom stereocenters. The lowest BCUT2D eigenvalue weighted by atomic mass is 10.2. The summed E-state index contributed by atoms with van der Waals surface area (Å²) in [5, 5.41) is 11.7. The minimum absolute atomic E-state index is 0.213. The second-order valence-electron chi connectivity index (χ2n) is 3.54. The van der Waals surface area contributed by atoms with E-state index in [0.717, 1.165) is 10.0 Å². The van der Waals surface area contributed by atoms with Crippen LogP contribution in [0, 0.1) is 0 Å². The minimum Gasteiger partial charge on any atom is -0.374 e. The third kappa shape index (κ3) is 4.91. The number of rotatable bonds is 5. The van der Waals surface area contributed by atoms with Gasteiger partial charge in [-0.1, -0.05) is 51.2 Å². The molecule has 1 amide bonds. The van der Waals surface area contributed by atoms with Gasteiger partial charge in [0, 0.05) is 4.47 Å². The first kappa shape index (κ1) is 14.9. The van der Waals surface area contributed by atoms with Crippen LogP contribution in [-0.4, -0.2) is 28.1 Å². The molecule has 2 rings (SSSR count). The molecule has 0 fully saturated rings. The van der Waals surface area contributed by atoms with Gasteiger partial charge in [-0.05, 0) is 17.7 Å². The summed E-state index contributed by atoms with van der Waals surface area (Å²) in [5.41, 5.74) is 8.79. The molecule has 0 saturated carbocycles. The van der Waals surface area contributed by atoms with Crippen LogP contribution in [0.5, 0.6) is 0 Å². The van der Waals surface area contributed by atoms with Gasteiger partial charge in [-0.2, -0.15) is 5.10 Å². The van der Waals surface area contributed by atoms with E-state index in [4.69, 9.17) is 5.73 Å². The first-order valence-electron chi connectivity index (χ1n) is 5.43. The third-order valence-electron chi connectivity index (χ3n) is 2.00. The molecule has 0 spiro atoms. The van der Waals surface area contributed by atoms with Crippen molar-refractivity contribution < 1.29 is 4.79 Å². The van der Waals surface area contributed by atoms with Crippen LogP contribution in [0.15, 0.2) is 38.2 Å². The van der Waals surface area contributed by atoms with Crippen molar-refractivity contribution in [3.8, 4) is 0 Å². The quantitative estimate of drug-likeness (QED) is 0.477. The number of nitrogen functional groups attached to an aromatic ring is 1. The first-order chi connectivity index (χ1) is 9.63. The second-order valence-corrected chi connectivity index (χ2v) is 6.69. The van der Waals surface area contributed by atoms with Gasteiger partial charge >= 0.3 is 0 Å². The maximum absolute atomic E-state index is 11.6. The highest BCUT2D eigenvalue weighted by molar-refractivity contribution is 9.10. The SMILES string of the molecule is Nc1nnc(SCC(=O)NN=Cc2cccc(Br)c2)s1. The number of amides is 1. The monoisotopic (exact) mass is 371 g/mol. The van der Waals surface area contributed by atoms with E-state index in [1.807, 2.05) is 24.3 Å². The Morgan fingerprint density at radius 3 is 3.10 bits per heavy atom. The van der Waals surface area contributed by atoms with Gasteiger partial charge in [0.2, 0.25) is 5.13 Å². The predicted octanol–water partition coefficient (Wildman–Crippen LogP) is 2.13. The van der Waals surface area contributed by atoms with E-state index in [0.29, 0.717) is 9.47 Å². The normalized spacial score (nSPS) is 10.8. The van der Waals surface area contributed by atoms with Gasteiger partial charge in [0.25, 0.3) is 5.91 Å². The molecule has 0 bridgehead atoms.